The number of nitrogens with one attached hydrogen (secondary N) is 1. The summed E-state index contributed by atoms with van der Waals surface area (Å²) in [6.45, 7) is 2.05. The highest BCUT2D eigenvalue weighted by Gasteiger charge is 2.60. The Morgan fingerprint density at radius 3 is 2.63 bits per heavy atom. The van der Waals surface area contributed by atoms with Crippen LogP contribution in [0.15, 0.2) is 35.0 Å². The minimum atomic E-state index is -0.770. The summed E-state index contributed by atoms with van der Waals surface area (Å²) in [7, 11) is 0. The van der Waals surface area contributed by atoms with Gasteiger partial charge >= 0.3 is 0 Å². The number of rotatable bonds is 7. The average Bonchev–Trinajstić information content (AvgIpc) is 3.52. The van der Waals surface area contributed by atoms with Gasteiger partial charge in [-0.05, 0) is 36.8 Å². The number of allylic oxidation sites excluding steroid dienone is 2. The van der Waals surface area contributed by atoms with Crippen molar-refractivity contribution in [1.82, 2.24) is 15.1 Å². The monoisotopic (exact) mass is 426 g/mol. The number of aromatic nitrogens is 2. The van der Waals surface area contributed by atoms with Crippen molar-refractivity contribution in [2.24, 2.45) is 23.7 Å². The highest BCUT2D eigenvalue weighted by Crippen LogP contribution is 2.54. The Morgan fingerprint density at radius 2 is 2.00 bits per heavy atom. The number of imide groups is 1. The van der Waals surface area contributed by atoms with Gasteiger partial charge in [-0.25, -0.2) is 0 Å². The maximum absolute atomic E-state index is 13.2. The number of furan rings is 1. The van der Waals surface area contributed by atoms with Gasteiger partial charge in [0.15, 0.2) is 0 Å². The van der Waals surface area contributed by atoms with Crippen LogP contribution in [0.25, 0.3) is 0 Å². The van der Waals surface area contributed by atoms with E-state index in [-0.39, 0.29) is 47.8 Å². The van der Waals surface area contributed by atoms with Crippen molar-refractivity contribution in [2.45, 2.75) is 38.6 Å². The van der Waals surface area contributed by atoms with E-state index in [0.29, 0.717) is 10.9 Å². The van der Waals surface area contributed by atoms with Gasteiger partial charge in [-0.3, -0.25) is 19.3 Å². The fraction of sp³-hybridized carbons (Fsp3) is 0.476. The van der Waals surface area contributed by atoms with E-state index in [1.807, 2.05) is 0 Å². The summed E-state index contributed by atoms with van der Waals surface area (Å²) in [6, 6.07) is 2.62. The molecule has 0 spiro atoms. The van der Waals surface area contributed by atoms with Crippen LogP contribution in [0.1, 0.15) is 43.0 Å². The number of fused-ring (bicyclic) bond motifs is 5. The van der Waals surface area contributed by atoms with Gasteiger partial charge < -0.3 is 9.73 Å². The minimum absolute atomic E-state index is 0.0874. The van der Waals surface area contributed by atoms with Crippen molar-refractivity contribution >= 4 is 34.2 Å². The molecule has 3 heterocycles. The Hall–Kier alpha value is -2.81. The Bertz CT molecular complexity index is 984. The quantitative estimate of drug-likeness (QED) is 0.539. The molecule has 30 heavy (non-hydrogen) atoms. The normalized spacial score (nSPS) is 27.7. The summed E-state index contributed by atoms with van der Waals surface area (Å²) in [5.41, 5.74) is 0. The zero-order valence-electron chi connectivity index (χ0n) is 16.5. The van der Waals surface area contributed by atoms with Crippen LogP contribution in [0.2, 0.25) is 0 Å². The number of carbonyl (C=O) groups is 3. The molecule has 2 bridgehead atoms. The lowest BCUT2D eigenvalue weighted by Crippen LogP contribution is -2.38. The topological polar surface area (TPSA) is 105 Å². The molecule has 2 aromatic heterocycles. The number of amides is 3. The Morgan fingerprint density at radius 1 is 1.27 bits per heavy atom. The molecule has 156 valence electrons. The third-order valence-electron chi connectivity index (χ3n) is 6.24. The first-order valence-electron chi connectivity index (χ1n) is 10.3. The maximum atomic E-state index is 13.2. The molecule has 5 atom stereocenters. The molecular weight excluding hydrogens is 404 g/mol. The van der Waals surface area contributed by atoms with Crippen LogP contribution in [0, 0.1) is 23.7 Å². The number of anilines is 1. The number of likely N-dealkylation sites (tertiary alicyclic amines) is 1. The van der Waals surface area contributed by atoms with Gasteiger partial charge in [0.25, 0.3) is 0 Å². The summed E-state index contributed by atoms with van der Waals surface area (Å²) >= 11 is 1.33. The number of hydrogen-bond acceptors (Lipinski definition) is 7. The molecule has 2 fully saturated rings. The van der Waals surface area contributed by atoms with Crippen LogP contribution in [-0.2, 0) is 20.8 Å². The summed E-state index contributed by atoms with van der Waals surface area (Å²) in [5.74, 6) is -0.697. The fourth-order valence-electron chi connectivity index (χ4n) is 5.00. The van der Waals surface area contributed by atoms with Crippen molar-refractivity contribution in [1.29, 1.82) is 0 Å². The van der Waals surface area contributed by atoms with E-state index in [2.05, 4.69) is 34.6 Å². The molecule has 5 rings (SSSR count). The minimum Gasteiger partial charge on any atom is -0.467 e. The van der Waals surface area contributed by atoms with Crippen LogP contribution in [0.4, 0.5) is 5.13 Å². The lowest BCUT2D eigenvalue weighted by atomic mass is 9.85. The third-order valence-corrected chi connectivity index (χ3v) is 7.14. The van der Waals surface area contributed by atoms with Crippen molar-refractivity contribution < 1.29 is 18.8 Å². The van der Waals surface area contributed by atoms with Gasteiger partial charge in [0.05, 0.1) is 24.5 Å². The maximum Gasteiger partial charge on any atom is 0.234 e. The van der Waals surface area contributed by atoms with Crippen molar-refractivity contribution in [2.75, 3.05) is 5.32 Å². The Kier molecular flexibility index (Phi) is 4.77. The first-order chi connectivity index (χ1) is 14.6. The second-order valence-corrected chi connectivity index (χ2v) is 9.14. The van der Waals surface area contributed by atoms with E-state index >= 15 is 0 Å². The second kappa shape index (κ2) is 7.46. The van der Waals surface area contributed by atoms with Crippen LogP contribution in [0.3, 0.4) is 0 Å². The molecule has 1 aliphatic heterocycles. The summed E-state index contributed by atoms with van der Waals surface area (Å²) < 4.78 is 5.52. The summed E-state index contributed by atoms with van der Waals surface area (Å²) in [4.78, 5) is 40.5. The smallest absolute Gasteiger partial charge is 0.234 e. The van der Waals surface area contributed by atoms with E-state index in [4.69, 9.17) is 4.42 Å². The third kappa shape index (κ3) is 3.08. The first-order valence-corrected chi connectivity index (χ1v) is 11.1. The molecule has 3 amide bonds. The van der Waals surface area contributed by atoms with Crippen molar-refractivity contribution in [3.05, 3.63) is 41.3 Å². The number of hydrogen-bond donors (Lipinski definition) is 1. The lowest BCUT2D eigenvalue weighted by Gasteiger charge is -2.25. The Labute approximate surface area is 177 Å². The molecule has 1 N–H and O–H groups in total. The highest BCUT2D eigenvalue weighted by atomic mass is 32.1. The SMILES string of the molecule is CCCc1nnc(NC(=O)CC(c2ccco2)N2C(=O)C3C4C=CC(C4)C3C2=O)s1. The average molecular weight is 426 g/mol. The van der Waals surface area contributed by atoms with Gasteiger partial charge in [-0.1, -0.05) is 30.4 Å². The molecular formula is C21H22N4O4S. The molecule has 0 aromatic carbocycles. The standard InChI is InChI=1S/C21H22N4O4S/c1-2-4-16-23-24-21(30-16)22-15(26)10-13(14-5-3-8-29-14)25-19(27)17-11-6-7-12(9-11)18(17)20(25)28/h3,5-8,11-13,17-18H,2,4,9-10H2,1H3,(H,22,24,26). The van der Waals surface area contributed by atoms with Crippen LogP contribution in [0.5, 0.6) is 0 Å². The van der Waals surface area contributed by atoms with Crippen molar-refractivity contribution in [3.63, 3.8) is 0 Å². The molecule has 5 unspecified atom stereocenters. The molecule has 8 nitrogen and oxygen atoms in total. The van der Waals surface area contributed by atoms with E-state index in [0.717, 1.165) is 24.3 Å². The first kappa shape index (κ1) is 19.2. The lowest BCUT2D eigenvalue weighted by molar-refractivity contribution is -0.144. The molecule has 2 aromatic rings. The van der Waals surface area contributed by atoms with Gasteiger partial charge in [-0.15, -0.1) is 10.2 Å². The van der Waals surface area contributed by atoms with E-state index in [1.165, 1.54) is 22.5 Å². The fourth-order valence-corrected chi connectivity index (χ4v) is 5.86. The van der Waals surface area contributed by atoms with Crippen LogP contribution < -0.4 is 5.32 Å². The van der Waals surface area contributed by atoms with E-state index < -0.39 is 6.04 Å². The molecule has 2 aliphatic carbocycles. The predicted octanol–water partition coefficient (Wildman–Crippen LogP) is 2.96. The zero-order valence-corrected chi connectivity index (χ0v) is 17.3. The molecule has 1 saturated carbocycles. The second-order valence-electron chi connectivity index (χ2n) is 8.08. The zero-order chi connectivity index (χ0) is 20.8. The van der Waals surface area contributed by atoms with Gasteiger partial charge in [0.1, 0.15) is 16.8 Å². The highest BCUT2D eigenvalue weighted by molar-refractivity contribution is 7.15. The summed E-state index contributed by atoms with van der Waals surface area (Å²) in [6.07, 6.45) is 8.12. The van der Waals surface area contributed by atoms with Gasteiger partial charge in [-0.2, -0.15) is 0 Å². The van der Waals surface area contributed by atoms with Crippen molar-refractivity contribution in [3.8, 4) is 0 Å². The van der Waals surface area contributed by atoms with Crippen LogP contribution >= 0.6 is 11.3 Å². The molecule has 3 aliphatic rings. The van der Waals surface area contributed by atoms with E-state index in [9.17, 15) is 14.4 Å². The largest absolute Gasteiger partial charge is 0.467 e. The van der Waals surface area contributed by atoms with Gasteiger partial charge in [0.2, 0.25) is 22.9 Å². The summed E-state index contributed by atoms with van der Waals surface area (Å²) in [5, 5.41) is 12.1. The predicted molar refractivity (Wildman–Crippen MR) is 108 cm³/mol. The molecule has 0 radical (unpaired) electrons. The molecule has 9 heteroatoms. The number of aryl methyl sites for hydroxylation is 1. The number of carbonyl (C=O) groups excluding carboxylic acids is 3. The van der Waals surface area contributed by atoms with Crippen LogP contribution in [-0.4, -0.2) is 32.8 Å². The van der Waals surface area contributed by atoms with E-state index in [1.54, 1.807) is 12.1 Å². The number of nitrogens with zero attached hydrogens (tertiary/aromatic N) is 3. The van der Waals surface area contributed by atoms with Gasteiger partial charge in [0, 0.05) is 6.42 Å². The Balaban J connectivity index is 1.36. The molecule has 1 saturated heterocycles.